The molecule has 0 saturated carbocycles. The lowest BCUT2D eigenvalue weighted by Crippen LogP contribution is -2.43. The van der Waals surface area contributed by atoms with Crippen LogP contribution in [0.25, 0.3) is 0 Å². The largest absolute Gasteiger partial charge is 0.356 e. The summed E-state index contributed by atoms with van der Waals surface area (Å²) < 4.78 is 26.9. The average Bonchev–Trinajstić information content (AvgIpc) is 3.18. The summed E-state index contributed by atoms with van der Waals surface area (Å²) in [5, 5.41) is 8.31. The van der Waals surface area contributed by atoms with E-state index >= 15 is 0 Å². The molecule has 3 rings (SSSR count). The summed E-state index contributed by atoms with van der Waals surface area (Å²) in [5.74, 6) is 1.19. The molecule has 0 bridgehead atoms. The minimum atomic E-state index is -3.29. The van der Waals surface area contributed by atoms with Gasteiger partial charge in [0.2, 0.25) is 0 Å². The smallest absolute Gasteiger partial charge is 0.252 e. The molecule has 2 N–H and O–H groups in total. The van der Waals surface area contributed by atoms with Crippen molar-refractivity contribution >= 4 is 27.3 Å². The molecule has 3 heterocycles. The van der Waals surface area contributed by atoms with Gasteiger partial charge < -0.3 is 10.6 Å². The molecule has 2 aliphatic heterocycles. The highest BCUT2D eigenvalue weighted by atomic mass is 32.2. The zero-order valence-corrected chi connectivity index (χ0v) is 13.4. The molecule has 0 radical (unpaired) electrons. The second-order valence-corrected chi connectivity index (χ2v) is 8.45. The van der Waals surface area contributed by atoms with E-state index in [2.05, 4.69) is 15.6 Å². The summed E-state index contributed by atoms with van der Waals surface area (Å²) in [6.45, 7) is 3.77. The second kappa shape index (κ2) is 6.33. The molecule has 1 aromatic heterocycles. The van der Waals surface area contributed by atoms with Gasteiger partial charge in [0.25, 0.3) is 10.0 Å². The highest BCUT2D eigenvalue weighted by Crippen LogP contribution is 2.26. The van der Waals surface area contributed by atoms with Gasteiger partial charge in [0, 0.05) is 32.7 Å². The van der Waals surface area contributed by atoms with Crippen molar-refractivity contribution in [3.8, 4) is 0 Å². The van der Waals surface area contributed by atoms with Gasteiger partial charge in [-0.05, 0) is 30.2 Å². The van der Waals surface area contributed by atoms with E-state index < -0.39 is 10.0 Å². The molecule has 116 valence electrons. The third kappa shape index (κ3) is 3.38. The highest BCUT2D eigenvalue weighted by Gasteiger charge is 2.33. The van der Waals surface area contributed by atoms with Crippen molar-refractivity contribution in [3.63, 3.8) is 0 Å². The summed E-state index contributed by atoms with van der Waals surface area (Å²) >= 11 is 1.28. The average molecular weight is 328 g/mol. The molecule has 0 amide bonds. The van der Waals surface area contributed by atoms with Crippen LogP contribution in [0.1, 0.15) is 12.8 Å². The standard InChI is InChI=1S/C13H20N4O2S2/c18-21(19,12-3-1-8-20-12)17-7-4-11(10-17)9-16-13-14-5-2-6-15-13/h1,3,8,11H,2,4-7,9-10H2,(H2,14,15,16). The number of aliphatic imine (C=N–C) groups is 1. The van der Waals surface area contributed by atoms with Crippen LogP contribution in [0.5, 0.6) is 0 Å². The Morgan fingerprint density at radius 1 is 1.52 bits per heavy atom. The Balaban J connectivity index is 1.55. The third-order valence-corrected chi connectivity index (χ3v) is 7.03. The Hall–Kier alpha value is -1.12. The van der Waals surface area contributed by atoms with Crippen molar-refractivity contribution in [2.24, 2.45) is 10.9 Å². The first kappa shape index (κ1) is 14.8. The van der Waals surface area contributed by atoms with Gasteiger partial charge in [-0.15, -0.1) is 11.3 Å². The minimum Gasteiger partial charge on any atom is -0.356 e. The molecule has 0 spiro atoms. The Morgan fingerprint density at radius 2 is 2.43 bits per heavy atom. The van der Waals surface area contributed by atoms with Crippen molar-refractivity contribution in [1.82, 2.24) is 14.9 Å². The number of sulfonamides is 1. The first-order valence-corrected chi connectivity index (χ1v) is 9.54. The van der Waals surface area contributed by atoms with Crippen molar-refractivity contribution in [3.05, 3.63) is 17.5 Å². The zero-order valence-electron chi connectivity index (χ0n) is 11.8. The van der Waals surface area contributed by atoms with Crippen LogP contribution in [0.2, 0.25) is 0 Å². The van der Waals surface area contributed by atoms with Crippen molar-refractivity contribution in [1.29, 1.82) is 0 Å². The van der Waals surface area contributed by atoms with Gasteiger partial charge >= 0.3 is 0 Å². The van der Waals surface area contributed by atoms with Crippen LogP contribution in [-0.4, -0.2) is 51.4 Å². The van der Waals surface area contributed by atoms with E-state index in [0.29, 0.717) is 23.2 Å². The highest BCUT2D eigenvalue weighted by molar-refractivity contribution is 7.91. The van der Waals surface area contributed by atoms with Gasteiger partial charge in [-0.3, -0.25) is 4.99 Å². The number of hydrogen-bond donors (Lipinski definition) is 2. The van der Waals surface area contributed by atoms with Crippen molar-refractivity contribution in [2.45, 2.75) is 17.1 Å². The first-order chi connectivity index (χ1) is 10.2. The molecule has 1 unspecified atom stereocenters. The van der Waals surface area contributed by atoms with E-state index in [1.54, 1.807) is 21.8 Å². The van der Waals surface area contributed by atoms with E-state index in [9.17, 15) is 8.42 Å². The summed E-state index contributed by atoms with van der Waals surface area (Å²) in [4.78, 5) is 4.36. The lowest BCUT2D eigenvalue weighted by molar-refractivity contribution is 0.455. The van der Waals surface area contributed by atoms with Gasteiger partial charge in [-0.2, -0.15) is 4.31 Å². The molecule has 2 aliphatic rings. The van der Waals surface area contributed by atoms with E-state index in [0.717, 1.165) is 38.4 Å². The summed E-state index contributed by atoms with van der Waals surface area (Å²) in [6, 6.07) is 3.45. The monoisotopic (exact) mass is 328 g/mol. The molecule has 1 atom stereocenters. The molecule has 21 heavy (non-hydrogen) atoms. The SMILES string of the molecule is O=S(=O)(c1cccs1)N1CCC(CNC2=NCCCN2)C1. The number of guanidine groups is 1. The van der Waals surface area contributed by atoms with Gasteiger partial charge in [0.1, 0.15) is 4.21 Å². The number of hydrogen-bond acceptors (Lipinski definition) is 6. The minimum absolute atomic E-state index is 0.339. The van der Waals surface area contributed by atoms with Gasteiger partial charge in [0.15, 0.2) is 5.96 Å². The molecular weight excluding hydrogens is 308 g/mol. The number of rotatable bonds is 4. The fourth-order valence-corrected chi connectivity index (χ4v) is 5.29. The Bertz CT molecular complexity index is 598. The van der Waals surface area contributed by atoms with Crippen LogP contribution in [0.15, 0.2) is 26.7 Å². The molecule has 0 aromatic carbocycles. The second-order valence-electron chi connectivity index (χ2n) is 5.34. The van der Waals surface area contributed by atoms with Gasteiger partial charge in [0.05, 0.1) is 0 Å². The number of nitrogens with one attached hydrogen (secondary N) is 2. The maximum Gasteiger partial charge on any atom is 0.252 e. The Labute approximate surface area is 129 Å². The normalized spacial score (nSPS) is 23.6. The predicted octanol–water partition coefficient (Wildman–Crippen LogP) is 0.698. The molecule has 6 nitrogen and oxygen atoms in total. The lowest BCUT2D eigenvalue weighted by atomic mass is 10.1. The number of nitrogens with zero attached hydrogens (tertiary/aromatic N) is 2. The maximum atomic E-state index is 12.4. The van der Waals surface area contributed by atoms with Crippen LogP contribution < -0.4 is 10.6 Å². The number of thiophene rings is 1. The van der Waals surface area contributed by atoms with E-state index in [1.807, 2.05) is 0 Å². The molecule has 0 aliphatic carbocycles. The maximum absolute atomic E-state index is 12.4. The summed E-state index contributed by atoms with van der Waals surface area (Å²) in [6.07, 6.45) is 1.96. The van der Waals surface area contributed by atoms with Gasteiger partial charge in [-0.25, -0.2) is 8.42 Å². The fraction of sp³-hybridized carbons (Fsp3) is 0.615. The first-order valence-electron chi connectivity index (χ1n) is 7.22. The Kier molecular flexibility index (Phi) is 4.46. The van der Waals surface area contributed by atoms with Crippen LogP contribution in [-0.2, 0) is 10.0 Å². The molecular formula is C13H20N4O2S2. The quantitative estimate of drug-likeness (QED) is 0.853. The molecule has 1 fully saturated rings. The topological polar surface area (TPSA) is 73.8 Å². The molecule has 8 heteroatoms. The molecule has 1 aromatic rings. The van der Waals surface area contributed by atoms with E-state index in [1.165, 1.54) is 11.3 Å². The van der Waals surface area contributed by atoms with Crippen molar-refractivity contribution < 1.29 is 8.42 Å². The zero-order chi connectivity index (χ0) is 14.7. The summed E-state index contributed by atoms with van der Waals surface area (Å²) in [5.41, 5.74) is 0. The molecule has 1 saturated heterocycles. The van der Waals surface area contributed by atoms with E-state index in [-0.39, 0.29) is 0 Å². The predicted molar refractivity (Wildman–Crippen MR) is 84.1 cm³/mol. The lowest BCUT2D eigenvalue weighted by Gasteiger charge is -2.19. The summed E-state index contributed by atoms with van der Waals surface area (Å²) in [7, 11) is -3.29. The van der Waals surface area contributed by atoms with Crippen LogP contribution in [0, 0.1) is 5.92 Å². The van der Waals surface area contributed by atoms with Crippen LogP contribution in [0.3, 0.4) is 0 Å². The third-order valence-electron chi connectivity index (χ3n) is 3.79. The van der Waals surface area contributed by atoms with Crippen molar-refractivity contribution in [2.75, 3.05) is 32.7 Å². The Morgan fingerprint density at radius 3 is 3.14 bits per heavy atom. The fourth-order valence-electron chi connectivity index (χ4n) is 2.61. The van der Waals surface area contributed by atoms with Crippen LogP contribution >= 0.6 is 11.3 Å². The van der Waals surface area contributed by atoms with E-state index in [4.69, 9.17) is 0 Å². The van der Waals surface area contributed by atoms with Gasteiger partial charge in [-0.1, -0.05) is 6.07 Å². The van der Waals surface area contributed by atoms with Crippen LogP contribution in [0.4, 0.5) is 0 Å².